The van der Waals surface area contributed by atoms with E-state index in [4.69, 9.17) is 0 Å². The van der Waals surface area contributed by atoms with Gasteiger partial charge in [0.15, 0.2) is 0 Å². The van der Waals surface area contributed by atoms with Gasteiger partial charge in [-0.25, -0.2) is 0 Å². The summed E-state index contributed by atoms with van der Waals surface area (Å²) in [6.07, 6.45) is 11.0. The van der Waals surface area contributed by atoms with Gasteiger partial charge in [0.2, 0.25) is 0 Å². The topological polar surface area (TPSA) is 20.2 Å². The number of aliphatic hydroxyl groups is 1. The summed E-state index contributed by atoms with van der Waals surface area (Å²) in [6, 6.07) is 6.61. The van der Waals surface area contributed by atoms with Crippen LogP contribution < -0.4 is 0 Å². The van der Waals surface area contributed by atoms with Crippen molar-refractivity contribution in [2.75, 3.05) is 0 Å². The normalized spacial score (nSPS) is 24.1. The maximum absolute atomic E-state index is 11.0. The Morgan fingerprint density at radius 1 is 0.950 bits per heavy atom. The van der Waals surface area contributed by atoms with Gasteiger partial charge in [-0.15, -0.1) is 0 Å². The molecule has 3 rings (SSSR count). The Morgan fingerprint density at radius 2 is 1.60 bits per heavy atom. The predicted molar refractivity (Wildman–Crippen MR) is 83.9 cm³/mol. The van der Waals surface area contributed by atoms with Gasteiger partial charge in [-0.2, -0.15) is 0 Å². The van der Waals surface area contributed by atoms with Crippen LogP contribution in [0.4, 0.5) is 0 Å². The van der Waals surface area contributed by atoms with E-state index >= 15 is 0 Å². The molecule has 0 saturated heterocycles. The van der Waals surface area contributed by atoms with E-state index < -0.39 is 5.60 Å². The number of rotatable bonds is 2. The van der Waals surface area contributed by atoms with E-state index in [0.29, 0.717) is 5.41 Å². The van der Waals surface area contributed by atoms with Gasteiger partial charge >= 0.3 is 0 Å². The van der Waals surface area contributed by atoms with E-state index in [2.05, 4.69) is 32.0 Å². The molecular weight excluding hydrogens is 244 g/mol. The molecule has 0 atom stereocenters. The molecule has 1 nitrogen and oxygen atoms in total. The molecule has 0 bridgehead atoms. The lowest BCUT2D eigenvalue weighted by Gasteiger charge is -2.42. The van der Waals surface area contributed by atoms with Crippen LogP contribution in [0.1, 0.15) is 68.1 Å². The van der Waals surface area contributed by atoms with Crippen molar-refractivity contribution >= 4 is 0 Å². The zero-order valence-electron chi connectivity index (χ0n) is 13.0. The van der Waals surface area contributed by atoms with Gasteiger partial charge in [0.05, 0.1) is 5.60 Å². The summed E-state index contributed by atoms with van der Waals surface area (Å²) < 4.78 is 0. The monoisotopic (exact) mass is 272 g/mol. The van der Waals surface area contributed by atoms with Crippen molar-refractivity contribution in [2.45, 2.75) is 77.2 Å². The van der Waals surface area contributed by atoms with Crippen LogP contribution in [0.5, 0.6) is 0 Å². The lowest BCUT2D eigenvalue weighted by molar-refractivity contribution is -0.0323. The van der Waals surface area contributed by atoms with Crippen LogP contribution in [-0.4, -0.2) is 10.7 Å². The third-order valence-electron chi connectivity index (χ3n) is 5.93. The summed E-state index contributed by atoms with van der Waals surface area (Å²) >= 11 is 0. The number of hydrogen-bond acceptors (Lipinski definition) is 1. The summed E-state index contributed by atoms with van der Waals surface area (Å²) in [4.78, 5) is 0. The summed E-state index contributed by atoms with van der Waals surface area (Å²) in [5.41, 5.74) is 4.12. The maximum atomic E-state index is 11.0. The van der Waals surface area contributed by atoms with Crippen LogP contribution in [0, 0.1) is 19.3 Å². The van der Waals surface area contributed by atoms with E-state index in [1.165, 1.54) is 55.2 Å². The van der Waals surface area contributed by atoms with Crippen molar-refractivity contribution in [1.82, 2.24) is 0 Å². The van der Waals surface area contributed by atoms with Crippen molar-refractivity contribution in [3.8, 4) is 0 Å². The van der Waals surface area contributed by atoms with Gasteiger partial charge in [0.25, 0.3) is 0 Å². The Labute approximate surface area is 123 Å². The minimum atomic E-state index is -0.452. The summed E-state index contributed by atoms with van der Waals surface area (Å²) in [7, 11) is 0. The fourth-order valence-electron chi connectivity index (χ4n) is 4.39. The van der Waals surface area contributed by atoms with Crippen molar-refractivity contribution in [2.24, 2.45) is 5.41 Å². The second-order valence-corrected chi connectivity index (χ2v) is 7.54. The lowest BCUT2D eigenvalue weighted by Crippen LogP contribution is -2.40. The highest BCUT2D eigenvalue weighted by molar-refractivity contribution is 5.31. The molecule has 2 aliphatic carbocycles. The maximum Gasteiger partial charge on any atom is 0.0688 e. The standard InChI is InChI=1S/C19H28O/c1-15-5-6-16(2)17(13-15)14-19(20)11-9-18(10-12-19)7-3-4-8-18/h5-6,13,20H,3-4,7-12,14H2,1-2H3. The first kappa shape index (κ1) is 14.1. The highest BCUT2D eigenvalue weighted by atomic mass is 16.3. The third-order valence-corrected chi connectivity index (χ3v) is 5.93. The van der Waals surface area contributed by atoms with Gasteiger partial charge in [-0.1, -0.05) is 36.6 Å². The van der Waals surface area contributed by atoms with Crippen LogP contribution in [0.25, 0.3) is 0 Å². The SMILES string of the molecule is Cc1ccc(C)c(CC2(O)CCC3(CCCC3)CC2)c1. The number of benzene rings is 1. The largest absolute Gasteiger partial charge is 0.390 e. The molecule has 0 aromatic heterocycles. The average Bonchev–Trinajstić information content (AvgIpc) is 2.87. The van der Waals surface area contributed by atoms with Crippen molar-refractivity contribution in [3.63, 3.8) is 0 Å². The fourth-order valence-corrected chi connectivity index (χ4v) is 4.39. The summed E-state index contributed by atoms with van der Waals surface area (Å²) in [5, 5.41) is 11.0. The fraction of sp³-hybridized carbons (Fsp3) is 0.684. The minimum absolute atomic E-state index is 0.452. The molecule has 1 aromatic carbocycles. The second kappa shape index (κ2) is 5.18. The zero-order chi connectivity index (χ0) is 14.2. The Balaban J connectivity index is 1.70. The molecule has 110 valence electrons. The van der Waals surface area contributed by atoms with Gasteiger partial charge < -0.3 is 5.11 Å². The van der Waals surface area contributed by atoms with Crippen molar-refractivity contribution < 1.29 is 5.11 Å². The van der Waals surface area contributed by atoms with Crippen LogP contribution in [-0.2, 0) is 6.42 Å². The second-order valence-electron chi connectivity index (χ2n) is 7.54. The molecule has 2 saturated carbocycles. The summed E-state index contributed by atoms with van der Waals surface area (Å²) in [5.74, 6) is 0. The highest BCUT2D eigenvalue weighted by Crippen LogP contribution is 2.51. The van der Waals surface area contributed by atoms with E-state index in [-0.39, 0.29) is 0 Å². The molecular formula is C19H28O. The smallest absolute Gasteiger partial charge is 0.0688 e. The predicted octanol–water partition coefficient (Wildman–Crippen LogP) is 4.71. The first-order valence-electron chi connectivity index (χ1n) is 8.29. The number of aryl methyl sites for hydroxylation is 2. The quantitative estimate of drug-likeness (QED) is 0.826. The molecule has 0 amide bonds. The Bertz CT molecular complexity index is 473. The average molecular weight is 272 g/mol. The van der Waals surface area contributed by atoms with E-state index in [0.717, 1.165) is 19.3 Å². The van der Waals surface area contributed by atoms with E-state index in [1.54, 1.807) is 0 Å². The number of hydrogen-bond donors (Lipinski definition) is 1. The molecule has 0 heterocycles. The highest BCUT2D eigenvalue weighted by Gasteiger charge is 2.42. The van der Waals surface area contributed by atoms with Crippen LogP contribution in [0.3, 0.4) is 0 Å². The lowest BCUT2D eigenvalue weighted by atomic mass is 9.66. The van der Waals surface area contributed by atoms with E-state index in [9.17, 15) is 5.11 Å². The first-order valence-corrected chi connectivity index (χ1v) is 8.29. The van der Waals surface area contributed by atoms with E-state index in [1.807, 2.05) is 0 Å². The summed E-state index contributed by atoms with van der Waals surface area (Å²) in [6.45, 7) is 4.31. The van der Waals surface area contributed by atoms with Gasteiger partial charge in [0, 0.05) is 6.42 Å². The molecule has 2 aliphatic rings. The molecule has 1 aromatic rings. The Morgan fingerprint density at radius 3 is 2.25 bits per heavy atom. The molecule has 1 N–H and O–H groups in total. The molecule has 1 spiro atoms. The van der Waals surface area contributed by atoms with Crippen LogP contribution in [0.2, 0.25) is 0 Å². The van der Waals surface area contributed by atoms with Crippen molar-refractivity contribution in [1.29, 1.82) is 0 Å². The van der Waals surface area contributed by atoms with Gasteiger partial charge in [-0.3, -0.25) is 0 Å². The third kappa shape index (κ3) is 2.79. The Hall–Kier alpha value is -0.820. The van der Waals surface area contributed by atoms with Crippen LogP contribution in [0.15, 0.2) is 18.2 Å². The molecule has 2 fully saturated rings. The molecule has 0 aliphatic heterocycles. The van der Waals surface area contributed by atoms with Gasteiger partial charge in [-0.05, 0) is 68.9 Å². The molecule has 0 radical (unpaired) electrons. The Kier molecular flexibility index (Phi) is 3.66. The molecule has 20 heavy (non-hydrogen) atoms. The zero-order valence-corrected chi connectivity index (χ0v) is 13.0. The van der Waals surface area contributed by atoms with Gasteiger partial charge in [0.1, 0.15) is 0 Å². The minimum Gasteiger partial charge on any atom is -0.390 e. The first-order chi connectivity index (χ1) is 9.50. The van der Waals surface area contributed by atoms with Crippen LogP contribution >= 0.6 is 0 Å². The molecule has 1 heteroatoms. The van der Waals surface area contributed by atoms with Crippen molar-refractivity contribution in [3.05, 3.63) is 34.9 Å². The molecule has 0 unspecified atom stereocenters.